The normalized spacial score (nSPS) is 20.6. The van der Waals surface area contributed by atoms with Crippen molar-refractivity contribution in [2.45, 2.75) is 18.9 Å². The third-order valence-corrected chi connectivity index (χ3v) is 4.77. The first-order valence-electron chi connectivity index (χ1n) is 8.15. The lowest BCUT2D eigenvalue weighted by atomic mass is 9.85. The molecule has 4 nitrogen and oxygen atoms in total. The minimum atomic E-state index is -0.192. The zero-order valence-corrected chi connectivity index (χ0v) is 15.6. The van der Waals surface area contributed by atoms with Gasteiger partial charge in [-0.3, -0.25) is 4.90 Å². The van der Waals surface area contributed by atoms with E-state index in [1.54, 1.807) is 19.2 Å². The molecule has 0 radical (unpaired) electrons. The van der Waals surface area contributed by atoms with Crippen molar-refractivity contribution in [1.29, 1.82) is 0 Å². The standard InChI is InChI=1S/C17H25FN2O2.2ClH/c1-21-16-3-2-14(18)12-15(16)17(13-4-10-22-11-5-13)20-8-6-19-7-9-20;;/h2-3,12-13,17,19H,4-11H2,1H3;2*1H/t17-;;/m0../s1. The van der Waals surface area contributed by atoms with Crippen LogP contribution in [0.5, 0.6) is 5.75 Å². The van der Waals surface area contributed by atoms with E-state index >= 15 is 0 Å². The zero-order valence-electron chi connectivity index (χ0n) is 14.0. The second kappa shape index (κ2) is 10.4. The van der Waals surface area contributed by atoms with Crippen LogP contribution in [0.2, 0.25) is 0 Å². The first-order chi connectivity index (χ1) is 10.8. The molecule has 0 amide bonds. The summed E-state index contributed by atoms with van der Waals surface area (Å²) in [5.41, 5.74) is 0.983. The van der Waals surface area contributed by atoms with Crippen LogP contribution in [0.3, 0.4) is 0 Å². The molecule has 2 fully saturated rings. The number of hydrogen-bond acceptors (Lipinski definition) is 4. The van der Waals surface area contributed by atoms with Gasteiger partial charge in [0.1, 0.15) is 11.6 Å². The van der Waals surface area contributed by atoms with E-state index in [-0.39, 0.29) is 36.7 Å². The van der Waals surface area contributed by atoms with Crippen LogP contribution in [0.15, 0.2) is 18.2 Å². The molecule has 2 saturated heterocycles. The van der Waals surface area contributed by atoms with Crippen molar-refractivity contribution in [3.05, 3.63) is 29.6 Å². The van der Waals surface area contributed by atoms with Crippen molar-refractivity contribution >= 4 is 24.8 Å². The molecular formula is C17H27Cl2FN2O2. The van der Waals surface area contributed by atoms with E-state index in [1.165, 1.54) is 6.07 Å². The number of piperazine rings is 1. The van der Waals surface area contributed by atoms with Gasteiger partial charge in [-0.25, -0.2) is 4.39 Å². The average Bonchev–Trinajstić information content (AvgIpc) is 2.57. The van der Waals surface area contributed by atoms with Crippen molar-refractivity contribution in [2.24, 2.45) is 5.92 Å². The van der Waals surface area contributed by atoms with Gasteiger partial charge in [-0.2, -0.15) is 0 Å². The van der Waals surface area contributed by atoms with Crippen LogP contribution in [-0.4, -0.2) is 51.4 Å². The topological polar surface area (TPSA) is 33.7 Å². The molecule has 0 unspecified atom stereocenters. The molecule has 0 spiro atoms. The van der Waals surface area contributed by atoms with Gasteiger partial charge in [0.25, 0.3) is 0 Å². The summed E-state index contributed by atoms with van der Waals surface area (Å²) in [4.78, 5) is 2.48. The van der Waals surface area contributed by atoms with Crippen molar-refractivity contribution in [1.82, 2.24) is 10.2 Å². The molecule has 0 aliphatic carbocycles. The first-order valence-corrected chi connectivity index (χ1v) is 8.15. The molecule has 1 atom stereocenters. The maximum atomic E-state index is 13.9. The van der Waals surface area contributed by atoms with Gasteiger partial charge in [-0.05, 0) is 37.0 Å². The number of benzene rings is 1. The molecule has 24 heavy (non-hydrogen) atoms. The average molecular weight is 381 g/mol. The van der Waals surface area contributed by atoms with Crippen LogP contribution in [0, 0.1) is 11.7 Å². The summed E-state index contributed by atoms with van der Waals surface area (Å²) in [6.07, 6.45) is 2.04. The molecule has 1 aromatic carbocycles. The van der Waals surface area contributed by atoms with Gasteiger partial charge in [0.2, 0.25) is 0 Å². The van der Waals surface area contributed by atoms with Crippen LogP contribution in [-0.2, 0) is 4.74 Å². The third-order valence-electron chi connectivity index (χ3n) is 4.77. The van der Waals surface area contributed by atoms with Crippen molar-refractivity contribution < 1.29 is 13.9 Å². The molecule has 0 bridgehead atoms. The summed E-state index contributed by atoms with van der Waals surface area (Å²) >= 11 is 0. The van der Waals surface area contributed by atoms with E-state index in [9.17, 15) is 4.39 Å². The lowest BCUT2D eigenvalue weighted by molar-refractivity contribution is 0.0205. The molecule has 2 aliphatic heterocycles. The summed E-state index contributed by atoms with van der Waals surface area (Å²) in [7, 11) is 1.66. The first kappa shape index (κ1) is 21.5. The number of halogens is 3. The Labute approximate surface area is 155 Å². The zero-order chi connectivity index (χ0) is 15.4. The van der Waals surface area contributed by atoms with E-state index in [4.69, 9.17) is 9.47 Å². The summed E-state index contributed by atoms with van der Waals surface area (Å²) in [6.45, 7) is 5.54. The van der Waals surface area contributed by atoms with Gasteiger partial charge in [0.05, 0.1) is 7.11 Å². The van der Waals surface area contributed by atoms with Crippen molar-refractivity contribution in [2.75, 3.05) is 46.5 Å². The van der Waals surface area contributed by atoms with Crippen molar-refractivity contribution in [3.8, 4) is 5.75 Å². The summed E-state index contributed by atoms with van der Waals surface area (Å²) in [5.74, 6) is 1.09. The monoisotopic (exact) mass is 380 g/mol. The fourth-order valence-corrected chi connectivity index (χ4v) is 3.68. The largest absolute Gasteiger partial charge is 0.496 e. The predicted molar refractivity (Wildman–Crippen MR) is 98.2 cm³/mol. The minimum absolute atomic E-state index is 0. The van der Waals surface area contributed by atoms with Crippen LogP contribution in [0.25, 0.3) is 0 Å². The second-order valence-electron chi connectivity index (χ2n) is 6.07. The molecule has 2 heterocycles. The second-order valence-corrected chi connectivity index (χ2v) is 6.07. The molecule has 0 saturated carbocycles. The van der Waals surface area contributed by atoms with Gasteiger partial charge in [0, 0.05) is 51.0 Å². The Morgan fingerprint density at radius 1 is 1.21 bits per heavy atom. The number of rotatable bonds is 4. The Morgan fingerprint density at radius 2 is 1.88 bits per heavy atom. The SMILES string of the molecule is COc1ccc(F)cc1[C@H](C1CCOCC1)N1CCNCC1.Cl.Cl. The molecule has 0 aromatic heterocycles. The lowest BCUT2D eigenvalue weighted by Gasteiger charge is -2.41. The van der Waals surface area contributed by atoms with Crippen molar-refractivity contribution in [3.63, 3.8) is 0 Å². The Balaban J connectivity index is 0.00000144. The molecule has 3 rings (SSSR count). The summed E-state index contributed by atoms with van der Waals surface area (Å²) in [6, 6.07) is 5.08. The maximum absolute atomic E-state index is 13.9. The number of ether oxygens (including phenoxy) is 2. The fourth-order valence-electron chi connectivity index (χ4n) is 3.68. The van der Waals surface area contributed by atoms with E-state index < -0.39 is 0 Å². The van der Waals surface area contributed by atoms with Gasteiger partial charge >= 0.3 is 0 Å². The molecule has 2 aliphatic rings. The van der Waals surface area contributed by atoms with E-state index in [1.807, 2.05) is 0 Å². The highest BCUT2D eigenvalue weighted by atomic mass is 35.5. The number of hydrogen-bond donors (Lipinski definition) is 1. The fraction of sp³-hybridized carbons (Fsp3) is 0.647. The van der Waals surface area contributed by atoms with E-state index in [0.717, 1.165) is 63.5 Å². The summed E-state index contributed by atoms with van der Waals surface area (Å²) in [5, 5.41) is 3.39. The summed E-state index contributed by atoms with van der Waals surface area (Å²) < 4.78 is 24.9. The number of nitrogens with one attached hydrogen (secondary N) is 1. The highest BCUT2D eigenvalue weighted by Gasteiger charge is 2.33. The Morgan fingerprint density at radius 3 is 2.50 bits per heavy atom. The Kier molecular flexibility index (Phi) is 9.31. The third kappa shape index (κ3) is 4.96. The number of methoxy groups -OCH3 is 1. The van der Waals surface area contributed by atoms with Gasteiger partial charge in [-0.15, -0.1) is 24.8 Å². The Bertz CT molecular complexity index is 477. The van der Waals surface area contributed by atoms with Crippen LogP contribution in [0.1, 0.15) is 24.4 Å². The van der Waals surface area contributed by atoms with Crippen LogP contribution >= 0.6 is 24.8 Å². The Hall–Kier alpha value is -0.590. The van der Waals surface area contributed by atoms with Gasteiger partial charge < -0.3 is 14.8 Å². The quantitative estimate of drug-likeness (QED) is 0.870. The van der Waals surface area contributed by atoms with Gasteiger partial charge in [-0.1, -0.05) is 0 Å². The molecular weight excluding hydrogens is 354 g/mol. The smallest absolute Gasteiger partial charge is 0.123 e. The maximum Gasteiger partial charge on any atom is 0.123 e. The van der Waals surface area contributed by atoms with E-state index in [2.05, 4.69) is 10.2 Å². The van der Waals surface area contributed by atoms with E-state index in [0.29, 0.717) is 5.92 Å². The van der Waals surface area contributed by atoms with Gasteiger partial charge in [0.15, 0.2) is 0 Å². The van der Waals surface area contributed by atoms with Crippen LogP contribution in [0.4, 0.5) is 4.39 Å². The predicted octanol–water partition coefficient (Wildman–Crippen LogP) is 3.05. The number of nitrogens with zero attached hydrogens (tertiary/aromatic N) is 1. The molecule has 1 N–H and O–H groups in total. The molecule has 7 heteroatoms. The van der Waals surface area contributed by atoms with Crippen LogP contribution < -0.4 is 10.1 Å². The highest BCUT2D eigenvalue weighted by Crippen LogP contribution is 2.39. The molecule has 1 aromatic rings. The minimum Gasteiger partial charge on any atom is -0.496 e. The highest BCUT2D eigenvalue weighted by molar-refractivity contribution is 5.85. The lowest BCUT2D eigenvalue weighted by Crippen LogP contribution is -2.47. The molecule has 138 valence electrons.